The minimum atomic E-state index is 1.11. The van der Waals surface area contributed by atoms with E-state index in [9.17, 15) is 0 Å². The molecule has 0 saturated heterocycles. The van der Waals surface area contributed by atoms with E-state index in [4.69, 9.17) is 0 Å². The van der Waals surface area contributed by atoms with Crippen LogP contribution < -0.4 is 0 Å². The van der Waals surface area contributed by atoms with Crippen LogP contribution in [-0.2, 0) is 0 Å². The summed E-state index contributed by atoms with van der Waals surface area (Å²) >= 11 is 0. The quantitative estimate of drug-likeness (QED) is 0.469. The molecule has 21 heavy (non-hydrogen) atoms. The highest BCUT2D eigenvalue weighted by Crippen LogP contribution is 2.33. The Morgan fingerprint density at radius 1 is 0.333 bits per heavy atom. The maximum atomic E-state index is 1.56. The van der Waals surface area contributed by atoms with Crippen molar-refractivity contribution < 1.29 is 0 Å². The minimum Gasteiger partial charge on any atom is -0.0533 e. The minimum absolute atomic E-state index is 1.11. The summed E-state index contributed by atoms with van der Waals surface area (Å²) in [7, 11) is 1.30. The Balaban J connectivity index is 1.74. The summed E-state index contributed by atoms with van der Waals surface area (Å²) in [6.45, 7) is 0. The molecule has 0 atom stereocenters. The molecule has 0 aromatic rings. The first kappa shape index (κ1) is 17.6. The molecule has 0 aromatic carbocycles. The molecule has 2 rings (SSSR count). The topological polar surface area (TPSA) is 0 Å². The lowest BCUT2D eigenvalue weighted by molar-refractivity contribution is 0.482. The molecule has 2 fully saturated rings. The van der Waals surface area contributed by atoms with E-state index in [1.54, 1.807) is 25.7 Å². The Hall–Kier alpha value is 0.217. The first-order valence-corrected chi connectivity index (χ1v) is 11.4. The molecule has 0 heterocycles. The molecule has 0 unspecified atom stereocenters. The Morgan fingerprint density at radius 2 is 0.571 bits per heavy atom. The Kier molecular flexibility index (Phi) is 9.82. The van der Waals surface area contributed by atoms with Crippen LogP contribution in [0, 0.1) is 0 Å². The van der Waals surface area contributed by atoms with Crippen molar-refractivity contribution in [2.45, 2.75) is 127 Å². The smallest absolute Gasteiger partial charge is 0.0448 e. The molecule has 2 aliphatic rings. The molecule has 0 N–H and O–H groups in total. The van der Waals surface area contributed by atoms with Gasteiger partial charge in [0.1, 0.15) is 0 Å². The third kappa shape index (κ3) is 8.43. The highest BCUT2D eigenvalue weighted by Gasteiger charge is 2.18. The van der Waals surface area contributed by atoms with Crippen molar-refractivity contribution in [2.75, 3.05) is 0 Å². The Bertz CT molecular complexity index is 194. The molecule has 2 radical (unpaired) electrons. The molecule has 1 heteroatoms. The van der Waals surface area contributed by atoms with Crippen LogP contribution in [-0.4, -0.2) is 9.52 Å². The molecule has 0 nitrogen and oxygen atoms in total. The fourth-order valence-corrected chi connectivity index (χ4v) is 6.44. The molecule has 0 bridgehead atoms. The van der Waals surface area contributed by atoms with E-state index in [1.807, 2.05) is 0 Å². The normalized spacial score (nSPS) is 26.3. The molecule has 122 valence electrons. The van der Waals surface area contributed by atoms with E-state index in [0.29, 0.717) is 0 Å². The summed E-state index contributed by atoms with van der Waals surface area (Å²) in [6, 6.07) is 0. The van der Waals surface area contributed by atoms with Crippen molar-refractivity contribution in [1.82, 2.24) is 0 Å². The van der Waals surface area contributed by atoms with Crippen LogP contribution in [0.25, 0.3) is 0 Å². The zero-order valence-corrected chi connectivity index (χ0v) is 15.4. The fraction of sp³-hybridized carbons (Fsp3) is 1.00. The number of hydrogen-bond donors (Lipinski definition) is 0. The van der Waals surface area contributed by atoms with Gasteiger partial charge < -0.3 is 0 Å². The van der Waals surface area contributed by atoms with Gasteiger partial charge in [0.2, 0.25) is 0 Å². The summed E-state index contributed by atoms with van der Waals surface area (Å²) in [5.41, 5.74) is 2.21. The van der Waals surface area contributed by atoms with Crippen molar-refractivity contribution >= 4 is 9.52 Å². The van der Waals surface area contributed by atoms with Crippen LogP contribution >= 0.6 is 0 Å². The first-order chi connectivity index (χ1) is 10.4. The van der Waals surface area contributed by atoms with Crippen molar-refractivity contribution in [2.24, 2.45) is 0 Å². The van der Waals surface area contributed by atoms with Gasteiger partial charge in [0.25, 0.3) is 0 Å². The van der Waals surface area contributed by atoms with Gasteiger partial charge in [-0.05, 0) is 11.1 Å². The van der Waals surface area contributed by atoms with Gasteiger partial charge in [0, 0.05) is 9.52 Å². The standard InChI is InChI=1S/C20H38Si/c1-3-7-11-15-19(16-12-8-4-1)21-20-17-13-9-5-2-6-10-14-18-20/h19-20H,1-18H2. The second-order valence-corrected chi connectivity index (χ2v) is 9.63. The molecule has 0 aliphatic heterocycles. The average molecular weight is 307 g/mol. The lowest BCUT2D eigenvalue weighted by atomic mass is 10.00. The van der Waals surface area contributed by atoms with Gasteiger partial charge in [-0.3, -0.25) is 0 Å². The SMILES string of the molecule is C1CCCCC([Si]C2CCCCCCCCC2)CCCC1. The van der Waals surface area contributed by atoms with Gasteiger partial charge in [-0.25, -0.2) is 0 Å². The average Bonchev–Trinajstić information content (AvgIpc) is 2.52. The van der Waals surface area contributed by atoms with E-state index in [2.05, 4.69) is 0 Å². The maximum Gasteiger partial charge on any atom is 0.0448 e. The number of rotatable bonds is 2. The van der Waals surface area contributed by atoms with Crippen molar-refractivity contribution in [3.63, 3.8) is 0 Å². The second kappa shape index (κ2) is 11.7. The Labute approximate surface area is 136 Å². The summed E-state index contributed by atoms with van der Waals surface area (Å²) in [5, 5.41) is 0. The van der Waals surface area contributed by atoms with Gasteiger partial charge >= 0.3 is 0 Å². The largest absolute Gasteiger partial charge is 0.0533 e. The molecule has 0 amide bonds. The third-order valence-electron chi connectivity index (χ3n) is 5.68. The van der Waals surface area contributed by atoms with Gasteiger partial charge in [-0.15, -0.1) is 0 Å². The highest BCUT2D eigenvalue weighted by atomic mass is 28.2. The van der Waals surface area contributed by atoms with Crippen LogP contribution in [0.5, 0.6) is 0 Å². The van der Waals surface area contributed by atoms with Crippen LogP contribution in [0.15, 0.2) is 0 Å². The van der Waals surface area contributed by atoms with E-state index in [1.165, 1.54) is 99.4 Å². The number of hydrogen-bond acceptors (Lipinski definition) is 0. The highest BCUT2D eigenvalue weighted by molar-refractivity contribution is 6.39. The third-order valence-corrected chi connectivity index (χ3v) is 7.78. The van der Waals surface area contributed by atoms with Crippen molar-refractivity contribution in [3.05, 3.63) is 0 Å². The lowest BCUT2D eigenvalue weighted by Gasteiger charge is -2.24. The molecule has 2 aliphatic carbocycles. The van der Waals surface area contributed by atoms with E-state index in [-0.39, 0.29) is 0 Å². The van der Waals surface area contributed by atoms with E-state index >= 15 is 0 Å². The van der Waals surface area contributed by atoms with Crippen LogP contribution in [0.4, 0.5) is 0 Å². The molecule has 0 spiro atoms. The Morgan fingerprint density at radius 3 is 0.857 bits per heavy atom. The van der Waals surface area contributed by atoms with Gasteiger partial charge in [0.05, 0.1) is 0 Å². The summed E-state index contributed by atoms with van der Waals surface area (Å²) < 4.78 is 0. The molecule has 2 saturated carbocycles. The van der Waals surface area contributed by atoms with Crippen LogP contribution in [0.3, 0.4) is 0 Å². The monoisotopic (exact) mass is 306 g/mol. The van der Waals surface area contributed by atoms with E-state index in [0.717, 1.165) is 11.1 Å². The fourth-order valence-electron chi connectivity index (χ4n) is 4.29. The van der Waals surface area contributed by atoms with E-state index < -0.39 is 0 Å². The predicted octanol–water partition coefficient (Wildman–Crippen LogP) is 7.32. The zero-order valence-electron chi connectivity index (χ0n) is 14.4. The first-order valence-electron chi connectivity index (χ1n) is 10.2. The predicted molar refractivity (Wildman–Crippen MR) is 96.4 cm³/mol. The van der Waals surface area contributed by atoms with Gasteiger partial charge in [-0.1, -0.05) is 116 Å². The van der Waals surface area contributed by atoms with Gasteiger partial charge in [0.15, 0.2) is 0 Å². The molecular weight excluding hydrogens is 268 g/mol. The lowest BCUT2D eigenvalue weighted by Crippen LogP contribution is -2.13. The maximum absolute atomic E-state index is 1.56. The van der Waals surface area contributed by atoms with Crippen LogP contribution in [0.2, 0.25) is 11.1 Å². The zero-order chi connectivity index (χ0) is 14.6. The van der Waals surface area contributed by atoms with Crippen LogP contribution in [0.1, 0.15) is 116 Å². The molecule has 0 aromatic heterocycles. The van der Waals surface area contributed by atoms with Crippen molar-refractivity contribution in [3.8, 4) is 0 Å². The molecular formula is C20H38Si. The summed E-state index contributed by atoms with van der Waals surface area (Å²) in [6.07, 6.45) is 27.5. The van der Waals surface area contributed by atoms with Crippen molar-refractivity contribution in [1.29, 1.82) is 0 Å². The summed E-state index contributed by atoms with van der Waals surface area (Å²) in [4.78, 5) is 0. The summed E-state index contributed by atoms with van der Waals surface area (Å²) in [5.74, 6) is 0. The second-order valence-electron chi connectivity index (χ2n) is 7.66. The van der Waals surface area contributed by atoms with Gasteiger partial charge in [-0.2, -0.15) is 0 Å².